The Morgan fingerprint density at radius 1 is 1.42 bits per heavy atom. The highest BCUT2D eigenvalue weighted by Gasteiger charge is 2.28. The van der Waals surface area contributed by atoms with E-state index in [0.29, 0.717) is 28.0 Å². The number of carbonyl (C=O) groups is 1. The quantitative estimate of drug-likeness (QED) is 0.901. The molecule has 1 aliphatic rings. The number of hydrogen-bond acceptors (Lipinski definition) is 4. The van der Waals surface area contributed by atoms with Crippen LogP contribution in [-0.2, 0) is 6.42 Å². The average molecular weight is 368 g/mol. The van der Waals surface area contributed by atoms with Crippen LogP contribution in [0, 0.1) is 0 Å². The van der Waals surface area contributed by atoms with E-state index in [1.165, 1.54) is 0 Å². The fraction of sp³-hybridized carbons (Fsp3) is 0.438. The molecule has 2 aromatic rings. The Kier molecular flexibility index (Phi) is 5.08. The predicted octanol–water partition coefficient (Wildman–Crippen LogP) is 2.57. The van der Waals surface area contributed by atoms with Gasteiger partial charge in [0.2, 0.25) is 5.82 Å². The lowest BCUT2D eigenvalue weighted by Crippen LogP contribution is -2.38. The number of halogens is 2. The van der Waals surface area contributed by atoms with Gasteiger partial charge in [-0.25, -0.2) is 9.67 Å². The van der Waals surface area contributed by atoms with Crippen molar-refractivity contribution in [1.29, 1.82) is 0 Å². The number of hydrogen-bond donors (Lipinski definition) is 1. The average Bonchev–Trinajstić information content (AvgIpc) is 3.23. The standard InChI is InChI=1S/C16H19Cl2N5O/c1-3-13-20-15(16(24)22(2)10-7-8-19-9-10)21-23(13)14-11(17)5-4-6-12(14)18/h4-6,10,19H,3,7-9H2,1-2H3. The minimum Gasteiger partial charge on any atom is -0.335 e. The van der Waals surface area contributed by atoms with Crippen LogP contribution in [-0.4, -0.2) is 51.8 Å². The summed E-state index contributed by atoms with van der Waals surface area (Å²) in [5.41, 5.74) is 0.550. The minimum atomic E-state index is -0.194. The molecule has 0 radical (unpaired) electrons. The molecule has 128 valence electrons. The van der Waals surface area contributed by atoms with Gasteiger partial charge in [0, 0.05) is 26.1 Å². The number of likely N-dealkylation sites (N-methyl/N-ethyl adjacent to an activating group) is 1. The van der Waals surface area contributed by atoms with Gasteiger partial charge in [-0.2, -0.15) is 0 Å². The fourth-order valence-corrected chi connectivity index (χ4v) is 3.39. The van der Waals surface area contributed by atoms with Crippen molar-refractivity contribution in [1.82, 2.24) is 25.0 Å². The summed E-state index contributed by atoms with van der Waals surface area (Å²) in [5, 5.41) is 8.58. The van der Waals surface area contributed by atoms with Gasteiger partial charge in [-0.1, -0.05) is 36.2 Å². The van der Waals surface area contributed by atoms with Crippen LogP contribution in [0.2, 0.25) is 10.0 Å². The summed E-state index contributed by atoms with van der Waals surface area (Å²) in [4.78, 5) is 18.8. The van der Waals surface area contributed by atoms with Crippen molar-refractivity contribution in [3.63, 3.8) is 0 Å². The Bertz CT molecular complexity index is 735. The molecule has 1 atom stereocenters. The minimum absolute atomic E-state index is 0.164. The van der Waals surface area contributed by atoms with Crippen LogP contribution in [0.15, 0.2) is 18.2 Å². The van der Waals surface area contributed by atoms with E-state index < -0.39 is 0 Å². The Labute approximate surface area is 150 Å². The summed E-state index contributed by atoms with van der Waals surface area (Å²) >= 11 is 12.5. The zero-order valence-electron chi connectivity index (χ0n) is 13.6. The molecule has 2 heterocycles. The lowest BCUT2D eigenvalue weighted by atomic mass is 10.2. The van der Waals surface area contributed by atoms with Crippen molar-refractivity contribution in [2.45, 2.75) is 25.8 Å². The topological polar surface area (TPSA) is 63.1 Å². The summed E-state index contributed by atoms with van der Waals surface area (Å²) in [6, 6.07) is 5.41. The van der Waals surface area contributed by atoms with E-state index in [-0.39, 0.29) is 17.8 Å². The zero-order valence-corrected chi connectivity index (χ0v) is 15.1. The van der Waals surface area contributed by atoms with Gasteiger partial charge in [0.1, 0.15) is 11.5 Å². The second kappa shape index (κ2) is 7.09. The van der Waals surface area contributed by atoms with Gasteiger partial charge >= 0.3 is 0 Å². The van der Waals surface area contributed by atoms with E-state index in [1.54, 1.807) is 34.8 Å². The smallest absolute Gasteiger partial charge is 0.293 e. The van der Waals surface area contributed by atoms with Crippen LogP contribution >= 0.6 is 23.2 Å². The molecule has 24 heavy (non-hydrogen) atoms. The molecule has 0 spiro atoms. The summed E-state index contributed by atoms with van der Waals surface area (Å²) in [7, 11) is 1.79. The molecule has 1 N–H and O–H groups in total. The first-order chi connectivity index (χ1) is 11.5. The lowest BCUT2D eigenvalue weighted by molar-refractivity contribution is 0.0731. The number of para-hydroxylation sites is 1. The Hall–Kier alpha value is -1.63. The van der Waals surface area contributed by atoms with Gasteiger partial charge in [-0.3, -0.25) is 4.79 Å². The molecule has 3 rings (SSSR count). The highest BCUT2D eigenvalue weighted by atomic mass is 35.5. The second-order valence-corrected chi connectivity index (χ2v) is 6.56. The molecule has 0 aliphatic carbocycles. The molecule has 1 saturated heterocycles. The number of benzene rings is 1. The summed E-state index contributed by atoms with van der Waals surface area (Å²) < 4.78 is 1.57. The van der Waals surface area contributed by atoms with Crippen molar-refractivity contribution < 1.29 is 4.79 Å². The van der Waals surface area contributed by atoms with E-state index >= 15 is 0 Å². The zero-order chi connectivity index (χ0) is 17.3. The fourth-order valence-electron chi connectivity index (χ4n) is 2.83. The number of aromatic nitrogens is 3. The van der Waals surface area contributed by atoms with Gasteiger partial charge < -0.3 is 10.2 Å². The predicted molar refractivity (Wildman–Crippen MR) is 94.1 cm³/mol. The van der Waals surface area contributed by atoms with Crippen molar-refractivity contribution in [3.8, 4) is 5.69 Å². The molecule has 1 unspecified atom stereocenters. The maximum absolute atomic E-state index is 12.7. The third-order valence-electron chi connectivity index (χ3n) is 4.23. The second-order valence-electron chi connectivity index (χ2n) is 5.75. The van der Waals surface area contributed by atoms with Crippen LogP contribution in [0.4, 0.5) is 0 Å². The van der Waals surface area contributed by atoms with Gasteiger partial charge in [0.05, 0.1) is 10.0 Å². The molecular formula is C16H19Cl2N5O. The lowest BCUT2D eigenvalue weighted by Gasteiger charge is -2.22. The molecule has 0 bridgehead atoms. The number of rotatable bonds is 4. The summed E-state index contributed by atoms with van der Waals surface area (Å²) in [5.74, 6) is 0.615. The van der Waals surface area contributed by atoms with E-state index in [9.17, 15) is 4.79 Å². The monoisotopic (exact) mass is 367 g/mol. The molecule has 1 amide bonds. The largest absolute Gasteiger partial charge is 0.335 e. The molecule has 0 saturated carbocycles. The number of carbonyl (C=O) groups excluding carboxylic acids is 1. The van der Waals surface area contributed by atoms with E-state index in [0.717, 1.165) is 19.5 Å². The normalized spacial score (nSPS) is 17.2. The van der Waals surface area contributed by atoms with Crippen LogP contribution in [0.5, 0.6) is 0 Å². The first kappa shape index (κ1) is 17.2. The molecule has 6 nitrogen and oxygen atoms in total. The Balaban J connectivity index is 1.97. The van der Waals surface area contributed by atoms with Crippen LogP contribution < -0.4 is 5.32 Å². The van der Waals surface area contributed by atoms with Crippen LogP contribution in [0.25, 0.3) is 5.69 Å². The first-order valence-corrected chi connectivity index (χ1v) is 8.66. The maximum atomic E-state index is 12.7. The van der Waals surface area contributed by atoms with Crippen molar-refractivity contribution in [3.05, 3.63) is 39.9 Å². The molecule has 8 heteroatoms. The number of amides is 1. The number of aryl methyl sites for hydroxylation is 1. The Morgan fingerprint density at radius 2 is 2.12 bits per heavy atom. The maximum Gasteiger partial charge on any atom is 0.293 e. The van der Waals surface area contributed by atoms with E-state index in [2.05, 4.69) is 15.4 Å². The van der Waals surface area contributed by atoms with Crippen LogP contribution in [0.1, 0.15) is 29.8 Å². The van der Waals surface area contributed by atoms with E-state index in [1.807, 2.05) is 6.92 Å². The van der Waals surface area contributed by atoms with Crippen LogP contribution in [0.3, 0.4) is 0 Å². The third-order valence-corrected chi connectivity index (χ3v) is 4.84. The highest BCUT2D eigenvalue weighted by molar-refractivity contribution is 6.37. The Morgan fingerprint density at radius 3 is 2.71 bits per heavy atom. The number of nitrogens with zero attached hydrogens (tertiary/aromatic N) is 4. The highest BCUT2D eigenvalue weighted by Crippen LogP contribution is 2.29. The van der Waals surface area contributed by atoms with Crippen molar-refractivity contribution >= 4 is 29.1 Å². The SMILES string of the molecule is CCc1nc(C(=O)N(C)C2CCNC2)nn1-c1c(Cl)cccc1Cl. The molecule has 1 aromatic carbocycles. The van der Waals surface area contributed by atoms with Crippen molar-refractivity contribution in [2.75, 3.05) is 20.1 Å². The molecule has 1 fully saturated rings. The van der Waals surface area contributed by atoms with Gasteiger partial charge in [0.15, 0.2) is 0 Å². The molecule has 1 aliphatic heterocycles. The third kappa shape index (κ3) is 3.14. The van der Waals surface area contributed by atoms with Gasteiger partial charge in [-0.05, 0) is 25.1 Å². The summed E-state index contributed by atoms with van der Waals surface area (Å²) in [6.45, 7) is 3.66. The number of nitrogens with one attached hydrogen (secondary N) is 1. The molecule has 1 aromatic heterocycles. The van der Waals surface area contributed by atoms with E-state index in [4.69, 9.17) is 23.2 Å². The first-order valence-electron chi connectivity index (χ1n) is 7.91. The molecular weight excluding hydrogens is 349 g/mol. The van der Waals surface area contributed by atoms with Gasteiger partial charge in [-0.15, -0.1) is 5.10 Å². The van der Waals surface area contributed by atoms with Gasteiger partial charge in [0.25, 0.3) is 5.91 Å². The van der Waals surface area contributed by atoms with Crippen molar-refractivity contribution in [2.24, 2.45) is 0 Å². The summed E-state index contributed by atoms with van der Waals surface area (Å²) in [6.07, 6.45) is 1.54.